The van der Waals surface area contributed by atoms with E-state index in [0.29, 0.717) is 18.5 Å². The fourth-order valence-corrected chi connectivity index (χ4v) is 2.91. The van der Waals surface area contributed by atoms with Crippen molar-refractivity contribution in [3.63, 3.8) is 0 Å². The molecule has 0 spiro atoms. The van der Waals surface area contributed by atoms with Crippen LogP contribution in [0.4, 0.5) is 0 Å². The van der Waals surface area contributed by atoms with Gasteiger partial charge in [0.1, 0.15) is 0 Å². The van der Waals surface area contributed by atoms with Crippen LogP contribution in [0.1, 0.15) is 24.0 Å². The molecule has 0 amide bonds. The second-order valence-electron chi connectivity index (χ2n) is 5.36. The van der Waals surface area contributed by atoms with Crippen LogP contribution in [0.2, 0.25) is 0 Å². The Morgan fingerprint density at radius 2 is 1.95 bits per heavy atom. The minimum atomic E-state index is -3.05. The Morgan fingerprint density at radius 3 is 2.50 bits per heavy atom. The van der Waals surface area contributed by atoms with Crippen LogP contribution in [0.25, 0.3) is 0 Å². The van der Waals surface area contributed by atoms with Gasteiger partial charge in [0.05, 0.1) is 12.3 Å². The molecule has 1 aliphatic rings. The predicted molar refractivity (Wildman–Crippen MR) is 81.1 cm³/mol. The van der Waals surface area contributed by atoms with Gasteiger partial charge < -0.3 is 10.6 Å². The summed E-state index contributed by atoms with van der Waals surface area (Å²) in [5.41, 5.74) is 7.64. The normalized spacial score (nSPS) is 16.2. The molecule has 0 aromatic heterocycles. The highest BCUT2D eigenvalue weighted by Crippen LogP contribution is 2.25. The molecule has 0 aliphatic heterocycles. The van der Waals surface area contributed by atoms with Crippen molar-refractivity contribution in [1.82, 2.24) is 4.90 Å². The summed E-state index contributed by atoms with van der Waals surface area (Å²) >= 11 is 0. The van der Waals surface area contributed by atoms with E-state index in [2.05, 4.69) is 4.99 Å². The Kier molecular flexibility index (Phi) is 4.32. The van der Waals surface area contributed by atoms with E-state index in [9.17, 15) is 8.42 Å². The molecular formula is C14H21N3O2S. The van der Waals surface area contributed by atoms with Gasteiger partial charge >= 0.3 is 0 Å². The van der Waals surface area contributed by atoms with Crippen LogP contribution < -0.4 is 5.73 Å². The van der Waals surface area contributed by atoms with Gasteiger partial charge in [0, 0.05) is 19.3 Å². The van der Waals surface area contributed by atoms with Gasteiger partial charge in [-0.15, -0.1) is 0 Å². The first-order valence-electron chi connectivity index (χ1n) is 6.64. The summed E-state index contributed by atoms with van der Waals surface area (Å²) in [5, 5.41) is 0. The third-order valence-electron chi connectivity index (χ3n) is 3.40. The van der Waals surface area contributed by atoms with Crippen molar-refractivity contribution < 1.29 is 8.42 Å². The molecule has 0 radical (unpaired) electrons. The van der Waals surface area contributed by atoms with Gasteiger partial charge in [-0.2, -0.15) is 0 Å². The van der Waals surface area contributed by atoms with E-state index in [1.54, 1.807) is 0 Å². The average molecular weight is 295 g/mol. The average Bonchev–Trinajstić information content (AvgIpc) is 3.19. The van der Waals surface area contributed by atoms with E-state index in [1.165, 1.54) is 6.26 Å². The summed E-state index contributed by atoms with van der Waals surface area (Å²) in [6.45, 7) is 0.411. The topological polar surface area (TPSA) is 75.8 Å². The maximum Gasteiger partial charge on any atom is 0.191 e. The van der Waals surface area contributed by atoms with Crippen LogP contribution in [0.3, 0.4) is 0 Å². The molecule has 2 N–H and O–H groups in total. The molecular weight excluding hydrogens is 274 g/mol. The number of nitrogens with zero attached hydrogens (tertiary/aromatic N) is 2. The summed E-state index contributed by atoms with van der Waals surface area (Å²) in [7, 11) is -1.10. The molecule has 0 unspecified atom stereocenters. The SMILES string of the molecule is CN(C(N)=NCc1ccccc1CS(C)(=O)=O)C1CC1. The van der Waals surface area contributed by atoms with Crippen LogP contribution in [-0.4, -0.2) is 38.6 Å². The first-order valence-corrected chi connectivity index (χ1v) is 8.70. The van der Waals surface area contributed by atoms with Gasteiger partial charge in [-0.1, -0.05) is 24.3 Å². The molecule has 1 aromatic carbocycles. The number of hydrogen-bond acceptors (Lipinski definition) is 3. The number of guanidine groups is 1. The number of sulfone groups is 1. The Morgan fingerprint density at radius 1 is 1.35 bits per heavy atom. The van der Waals surface area contributed by atoms with E-state index < -0.39 is 9.84 Å². The summed E-state index contributed by atoms with van der Waals surface area (Å²) in [6.07, 6.45) is 3.57. The molecule has 110 valence electrons. The number of rotatable bonds is 5. The predicted octanol–water partition coefficient (Wildman–Crippen LogP) is 1.14. The maximum atomic E-state index is 11.4. The smallest absolute Gasteiger partial charge is 0.191 e. The Hall–Kier alpha value is -1.56. The van der Waals surface area contributed by atoms with Crippen molar-refractivity contribution >= 4 is 15.8 Å². The van der Waals surface area contributed by atoms with Gasteiger partial charge in [-0.25, -0.2) is 13.4 Å². The van der Waals surface area contributed by atoms with Crippen molar-refractivity contribution in [2.75, 3.05) is 13.3 Å². The highest BCUT2D eigenvalue weighted by molar-refractivity contribution is 7.89. The zero-order valence-corrected chi connectivity index (χ0v) is 12.7. The lowest BCUT2D eigenvalue weighted by Crippen LogP contribution is -2.35. The summed E-state index contributed by atoms with van der Waals surface area (Å²) in [6, 6.07) is 7.97. The van der Waals surface area contributed by atoms with Crippen LogP contribution in [0.5, 0.6) is 0 Å². The molecule has 0 heterocycles. The summed E-state index contributed by atoms with van der Waals surface area (Å²) in [5.74, 6) is 0.554. The third-order valence-corrected chi connectivity index (χ3v) is 4.24. The highest BCUT2D eigenvalue weighted by Gasteiger charge is 2.27. The quantitative estimate of drug-likeness (QED) is 0.653. The summed E-state index contributed by atoms with van der Waals surface area (Å²) < 4.78 is 22.9. The highest BCUT2D eigenvalue weighted by atomic mass is 32.2. The zero-order valence-electron chi connectivity index (χ0n) is 11.9. The standard InChI is InChI=1S/C14H21N3O2S/c1-17(13-7-8-13)14(15)16-9-11-5-3-4-6-12(11)10-20(2,18)19/h3-6,13H,7-10H2,1-2H3,(H2,15,16). The van der Waals surface area contributed by atoms with Gasteiger partial charge in [0.2, 0.25) is 0 Å². The number of benzene rings is 1. The van der Waals surface area contributed by atoms with Crippen LogP contribution >= 0.6 is 0 Å². The Bertz CT molecular complexity index is 607. The van der Waals surface area contributed by atoms with Crippen molar-refractivity contribution in [3.8, 4) is 0 Å². The molecule has 1 saturated carbocycles. The van der Waals surface area contributed by atoms with E-state index in [-0.39, 0.29) is 5.75 Å². The fraction of sp³-hybridized carbons (Fsp3) is 0.500. The van der Waals surface area contributed by atoms with Crippen LogP contribution in [0, 0.1) is 0 Å². The zero-order chi connectivity index (χ0) is 14.8. The van der Waals surface area contributed by atoms with Gasteiger partial charge in [-0.3, -0.25) is 0 Å². The lowest BCUT2D eigenvalue weighted by molar-refractivity contribution is 0.487. The van der Waals surface area contributed by atoms with Crippen molar-refractivity contribution in [1.29, 1.82) is 0 Å². The second kappa shape index (κ2) is 5.83. The maximum absolute atomic E-state index is 11.4. The largest absolute Gasteiger partial charge is 0.370 e. The third kappa shape index (κ3) is 4.23. The molecule has 5 nitrogen and oxygen atoms in total. The van der Waals surface area contributed by atoms with E-state index >= 15 is 0 Å². The minimum Gasteiger partial charge on any atom is -0.370 e. The van der Waals surface area contributed by atoms with Crippen molar-refractivity contribution in [3.05, 3.63) is 35.4 Å². The second-order valence-corrected chi connectivity index (χ2v) is 7.50. The molecule has 0 saturated heterocycles. The molecule has 1 fully saturated rings. The lowest BCUT2D eigenvalue weighted by atomic mass is 10.1. The molecule has 6 heteroatoms. The minimum absolute atomic E-state index is 0.0388. The van der Waals surface area contributed by atoms with E-state index in [0.717, 1.165) is 24.0 Å². The molecule has 2 rings (SSSR count). The molecule has 20 heavy (non-hydrogen) atoms. The molecule has 0 atom stereocenters. The first-order chi connectivity index (χ1) is 9.37. The van der Waals surface area contributed by atoms with Crippen molar-refractivity contribution in [2.24, 2.45) is 10.7 Å². The van der Waals surface area contributed by atoms with Crippen LogP contribution in [-0.2, 0) is 22.1 Å². The van der Waals surface area contributed by atoms with E-state index in [1.807, 2.05) is 36.2 Å². The van der Waals surface area contributed by atoms with Gasteiger partial charge in [0.15, 0.2) is 15.8 Å². The molecule has 1 aliphatic carbocycles. The first kappa shape index (κ1) is 14.8. The van der Waals surface area contributed by atoms with E-state index in [4.69, 9.17) is 5.73 Å². The van der Waals surface area contributed by atoms with Crippen molar-refractivity contribution in [2.45, 2.75) is 31.2 Å². The number of aliphatic imine (C=N–C) groups is 1. The van der Waals surface area contributed by atoms with Gasteiger partial charge in [0.25, 0.3) is 0 Å². The summed E-state index contributed by atoms with van der Waals surface area (Å²) in [4.78, 5) is 6.36. The lowest BCUT2D eigenvalue weighted by Gasteiger charge is -2.17. The Balaban J connectivity index is 2.10. The Labute approximate surface area is 120 Å². The number of nitrogens with two attached hydrogens (primary N) is 1. The van der Waals surface area contributed by atoms with Crippen LogP contribution in [0.15, 0.2) is 29.3 Å². The molecule has 0 bridgehead atoms. The number of hydrogen-bond donors (Lipinski definition) is 1. The monoisotopic (exact) mass is 295 g/mol. The van der Waals surface area contributed by atoms with Gasteiger partial charge in [-0.05, 0) is 24.0 Å². The fourth-order valence-electron chi connectivity index (χ4n) is 2.06. The molecule has 1 aromatic rings.